The Kier molecular flexibility index (Phi) is 5.85. The minimum Gasteiger partial charge on any atom is -0.341 e. The summed E-state index contributed by atoms with van der Waals surface area (Å²) in [6.45, 7) is 8.40. The molecule has 0 unspecified atom stereocenters. The van der Waals surface area contributed by atoms with Crippen LogP contribution in [0.15, 0.2) is 47.4 Å². The number of benzene rings is 1. The Morgan fingerprint density at radius 2 is 1.69 bits per heavy atom. The van der Waals surface area contributed by atoms with Crippen molar-refractivity contribution in [2.24, 2.45) is 0 Å². The molecule has 3 aromatic rings. The number of aromatic amines is 1. The maximum atomic E-state index is 12.4. The fourth-order valence-electron chi connectivity index (χ4n) is 4.47. The highest BCUT2D eigenvalue weighted by Crippen LogP contribution is 2.24. The Balaban J connectivity index is 1.31. The molecule has 2 aliphatic rings. The topological polar surface area (TPSA) is 81.2 Å². The first-order valence-electron chi connectivity index (χ1n) is 11.4. The van der Waals surface area contributed by atoms with Gasteiger partial charge in [-0.1, -0.05) is 30.3 Å². The van der Waals surface area contributed by atoms with Crippen molar-refractivity contribution >= 4 is 11.9 Å². The van der Waals surface area contributed by atoms with Gasteiger partial charge >= 0.3 is 0 Å². The second-order valence-electron chi connectivity index (χ2n) is 8.57. The van der Waals surface area contributed by atoms with E-state index >= 15 is 0 Å². The molecule has 0 saturated carbocycles. The van der Waals surface area contributed by atoms with E-state index in [1.807, 2.05) is 13.0 Å². The van der Waals surface area contributed by atoms with Crippen molar-refractivity contribution in [3.8, 4) is 11.3 Å². The molecule has 2 saturated heterocycles. The molecular weight excluding hydrogens is 402 g/mol. The van der Waals surface area contributed by atoms with Crippen LogP contribution in [0, 0.1) is 6.92 Å². The van der Waals surface area contributed by atoms with Crippen LogP contribution in [0.25, 0.3) is 11.3 Å². The molecule has 4 heterocycles. The molecule has 8 nitrogen and oxygen atoms in total. The van der Waals surface area contributed by atoms with Gasteiger partial charge in [0.1, 0.15) is 0 Å². The number of aryl methyl sites for hydroxylation is 1. The van der Waals surface area contributed by atoms with E-state index in [0.717, 1.165) is 63.0 Å². The first-order chi connectivity index (χ1) is 15.7. The Morgan fingerprint density at radius 3 is 2.41 bits per heavy atom. The average molecular weight is 432 g/mol. The van der Waals surface area contributed by atoms with Gasteiger partial charge in [0.15, 0.2) is 0 Å². The fourth-order valence-corrected chi connectivity index (χ4v) is 4.47. The molecule has 0 bridgehead atoms. The highest BCUT2D eigenvalue weighted by atomic mass is 16.1. The summed E-state index contributed by atoms with van der Waals surface area (Å²) < 4.78 is 0. The quantitative estimate of drug-likeness (QED) is 0.665. The summed E-state index contributed by atoms with van der Waals surface area (Å²) in [6.07, 6.45) is 4.17. The largest absolute Gasteiger partial charge is 0.341 e. The number of hydrogen-bond donors (Lipinski definition) is 1. The van der Waals surface area contributed by atoms with Gasteiger partial charge in [0.05, 0.1) is 11.4 Å². The van der Waals surface area contributed by atoms with Crippen LogP contribution in [0.2, 0.25) is 0 Å². The molecule has 2 aromatic heterocycles. The zero-order valence-electron chi connectivity index (χ0n) is 18.5. The summed E-state index contributed by atoms with van der Waals surface area (Å²) in [7, 11) is 0. The van der Waals surface area contributed by atoms with Crippen LogP contribution in [-0.2, 0) is 6.54 Å². The van der Waals surface area contributed by atoms with Crippen molar-refractivity contribution in [3.05, 3.63) is 64.2 Å². The third-order valence-electron chi connectivity index (χ3n) is 6.28. The molecule has 0 aliphatic carbocycles. The van der Waals surface area contributed by atoms with Crippen molar-refractivity contribution < 1.29 is 0 Å². The number of nitrogens with one attached hydrogen (secondary N) is 1. The standard InChI is InChI=1S/C24H29N7O/c1-18-20(16-25-23(26-18)30-9-5-6-10-30)21-15-22(32)28-24(27-21)31-13-11-29(12-14-31)17-19-7-3-2-4-8-19/h2-4,7-8,15-16H,5-6,9-14,17H2,1H3,(H,27,28,32). The van der Waals surface area contributed by atoms with E-state index in [4.69, 9.17) is 9.97 Å². The molecule has 5 rings (SSSR count). The molecule has 1 aromatic carbocycles. The fraction of sp³-hybridized carbons (Fsp3) is 0.417. The van der Waals surface area contributed by atoms with Gasteiger partial charge in [-0.05, 0) is 25.3 Å². The Labute approximate surface area is 188 Å². The third-order valence-corrected chi connectivity index (χ3v) is 6.28. The highest BCUT2D eigenvalue weighted by Gasteiger charge is 2.21. The lowest BCUT2D eigenvalue weighted by molar-refractivity contribution is 0.248. The van der Waals surface area contributed by atoms with Crippen LogP contribution in [0.3, 0.4) is 0 Å². The average Bonchev–Trinajstić information content (AvgIpc) is 3.35. The molecule has 0 atom stereocenters. The molecule has 0 spiro atoms. The smallest absolute Gasteiger partial charge is 0.252 e. The van der Waals surface area contributed by atoms with Crippen LogP contribution in [-0.4, -0.2) is 64.1 Å². The zero-order valence-corrected chi connectivity index (χ0v) is 18.5. The Bertz CT molecular complexity index is 1120. The van der Waals surface area contributed by atoms with Crippen LogP contribution in [0.4, 0.5) is 11.9 Å². The van der Waals surface area contributed by atoms with Gasteiger partial charge in [0.25, 0.3) is 5.56 Å². The number of H-pyrrole nitrogens is 1. The minimum atomic E-state index is -0.153. The summed E-state index contributed by atoms with van der Waals surface area (Å²) in [5, 5.41) is 0. The number of piperazine rings is 1. The summed E-state index contributed by atoms with van der Waals surface area (Å²) in [4.78, 5) is 36.2. The van der Waals surface area contributed by atoms with E-state index in [1.165, 1.54) is 24.5 Å². The number of anilines is 2. The summed E-state index contributed by atoms with van der Waals surface area (Å²) in [6, 6.07) is 12.1. The number of hydrogen-bond acceptors (Lipinski definition) is 7. The molecule has 0 radical (unpaired) electrons. The van der Waals surface area contributed by atoms with E-state index in [1.54, 1.807) is 6.20 Å². The summed E-state index contributed by atoms with van der Waals surface area (Å²) in [5.41, 5.74) is 3.45. The van der Waals surface area contributed by atoms with Gasteiger partial charge in [-0.15, -0.1) is 0 Å². The molecule has 0 amide bonds. The van der Waals surface area contributed by atoms with Crippen LogP contribution in [0.1, 0.15) is 24.1 Å². The van der Waals surface area contributed by atoms with Crippen molar-refractivity contribution in [3.63, 3.8) is 0 Å². The van der Waals surface area contributed by atoms with Crippen LogP contribution in [0.5, 0.6) is 0 Å². The normalized spacial score (nSPS) is 17.2. The Morgan fingerprint density at radius 1 is 0.938 bits per heavy atom. The van der Waals surface area contributed by atoms with Crippen LogP contribution < -0.4 is 15.4 Å². The predicted octanol–water partition coefficient (Wildman–Crippen LogP) is 2.46. The predicted molar refractivity (Wildman–Crippen MR) is 126 cm³/mol. The van der Waals surface area contributed by atoms with E-state index in [2.05, 4.69) is 48.9 Å². The van der Waals surface area contributed by atoms with Crippen molar-refractivity contribution in [2.75, 3.05) is 49.1 Å². The molecular formula is C24H29N7O. The van der Waals surface area contributed by atoms with Gasteiger partial charge in [-0.25, -0.2) is 15.0 Å². The van der Waals surface area contributed by atoms with E-state index in [-0.39, 0.29) is 5.56 Å². The zero-order chi connectivity index (χ0) is 21.9. The van der Waals surface area contributed by atoms with Crippen LogP contribution >= 0.6 is 0 Å². The SMILES string of the molecule is Cc1nc(N2CCCC2)ncc1-c1cc(=O)[nH]c(N2CCN(Cc3ccccc3)CC2)n1. The van der Waals surface area contributed by atoms with Crippen molar-refractivity contribution in [1.29, 1.82) is 0 Å². The van der Waals surface area contributed by atoms with E-state index in [0.29, 0.717) is 11.6 Å². The van der Waals surface area contributed by atoms with Gasteiger partial charge in [-0.3, -0.25) is 14.7 Å². The molecule has 8 heteroatoms. The maximum absolute atomic E-state index is 12.4. The molecule has 2 fully saturated rings. The van der Waals surface area contributed by atoms with Gasteiger partial charge in [-0.2, -0.15) is 0 Å². The second kappa shape index (κ2) is 9.08. The number of aromatic nitrogens is 4. The first kappa shape index (κ1) is 20.6. The lowest BCUT2D eigenvalue weighted by Crippen LogP contribution is -2.47. The summed E-state index contributed by atoms with van der Waals surface area (Å²) >= 11 is 0. The first-order valence-corrected chi connectivity index (χ1v) is 11.4. The molecule has 2 aliphatic heterocycles. The summed E-state index contributed by atoms with van der Waals surface area (Å²) in [5.74, 6) is 1.39. The maximum Gasteiger partial charge on any atom is 0.252 e. The third kappa shape index (κ3) is 4.50. The lowest BCUT2D eigenvalue weighted by Gasteiger charge is -2.35. The number of nitrogens with zero attached hydrogens (tertiary/aromatic N) is 6. The minimum absolute atomic E-state index is 0.153. The monoisotopic (exact) mass is 431 g/mol. The van der Waals surface area contributed by atoms with E-state index in [9.17, 15) is 4.79 Å². The lowest BCUT2D eigenvalue weighted by atomic mass is 10.1. The second-order valence-corrected chi connectivity index (χ2v) is 8.57. The molecule has 1 N–H and O–H groups in total. The van der Waals surface area contributed by atoms with Gasteiger partial charge in [0, 0.05) is 63.6 Å². The molecule has 166 valence electrons. The van der Waals surface area contributed by atoms with Gasteiger partial charge in [0.2, 0.25) is 11.9 Å². The van der Waals surface area contributed by atoms with Gasteiger partial charge < -0.3 is 9.80 Å². The van der Waals surface area contributed by atoms with Crippen molar-refractivity contribution in [1.82, 2.24) is 24.8 Å². The Hall–Kier alpha value is -3.26. The number of rotatable bonds is 5. The highest BCUT2D eigenvalue weighted by molar-refractivity contribution is 5.62. The van der Waals surface area contributed by atoms with E-state index < -0.39 is 0 Å². The molecule has 32 heavy (non-hydrogen) atoms. The van der Waals surface area contributed by atoms with Crippen molar-refractivity contribution in [2.45, 2.75) is 26.3 Å².